The summed E-state index contributed by atoms with van der Waals surface area (Å²) in [5.74, 6) is 0.0399. The Morgan fingerprint density at radius 1 is 1.05 bits per heavy atom. The van der Waals surface area contributed by atoms with E-state index in [1.165, 1.54) is 12.1 Å². The number of carbonyl (C=O) groups is 1. The predicted molar refractivity (Wildman–Crippen MR) is 74.8 cm³/mol. The summed E-state index contributed by atoms with van der Waals surface area (Å²) in [6.45, 7) is 2.05. The van der Waals surface area contributed by atoms with Gasteiger partial charge >= 0.3 is 0 Å². The number of carbonyl (C=O) groups excluding carboxylic acids is 1. The molecular formula is C17H17FO. The molecule has 0 radical (unpaired) electrons. The van der Waals surface area contributed by atoms with Gasteiger partial charge in [0.2, 0.25) is 0 Å². The van der Waals surface area contributed by atoms with Crippen LogP contribution in [0.1, 0.15) is 41.6 Å². The smallest absolute Gasteiger partial charge is 0.163 e. The third-order valence-electron chi connectivity index (χ3n) is 3.36. The lowest BCUT2D eigenvalue weighted by Gasteiger charge is -2.14. The van der Waals surface area contributed by atoms with Crippen LogP contribution in [0, 0.1) is 5.82 Å². The average molecular weight is 256 g/mol. The fourth-order valence-electron chi connectivity index (χ4n) is 2.20. The molecule has 2 aromatic rings. The van der Waals surface area contributed by atoms with Crippen molar-refractivity contribution in [3.8, 4) is 0 Å². The van der Waals surface area contributed by atoms with E-state index in [2.05, 4.69) is 0 Å². The van der Waals surface area contributed by atoms with Gasteiger partial charge < -0.3 is 0 Å². The Labute approximate surface area is 113 Å². The first-order valence-corrected chi connectivity index (χ1v) is 6.54. The summed E-state index contributed by atoms with van der Waals surface area (Å²) in [6.07, 6.45) is 1.33. The van der Waals surface area contributed by atoms with Crippen molar-refractivity contribution >= 4 is 5.78 Å². The summed E-state index contributed by atoms with van der Waals surface area (Å²) in [5, 5.41) is 0. The van der Waals surface area contributed by atoms with Gasteiger partial charge in [-0.2, -0.15) is 0 Å². The fraction of sp³-hybridized carbons (Fsp3) is 0.235. The van der Waals surface area contributed by atoms with Crippen molar-refractivity contribution in [2.75, 3.05) is 0 Å². The SMILES string of the molecule is CC[C@H](CC(=O)c1ccccc1)c1ccc(F)cc1. The number of Topliss-reactive ketones (excluding diaryl/α,β-unsaturated/α-hetero) is 1. The normalized spacial score (nSPS) is 12.1. The van der Waals surface area contributed by atoms with Gasteiger partial charge in [0.15, 0.2) is 5.78 Å². The summed E-state index contributed by atoms with van der Waals surface area (Å²) in [5.41, 5.74) is 1.76. The van der Waals surface area contributed by atoms with Gasteiger partial charge in [-0.15, -0.1) is 0 Å². The molecule has 0 heterocycles. The average Bonchev–Trinajstić information content (AvgIpc) is 2.46. The Bertz CT molecular complexity index is 531. The summed E-state index contributed by atoms with van der Waals surface area (Å²) >= 11 is 0. The van der Waals surface area contributed by atoms with Crippen LogP contribution in [0.5, 0.6) is 0 Å². The van der Waals surface area contributed by atoms with E-state index in [1.807, 2.05) is 37.3 Å². The minimum Gasteiger partial charge on any atom is -0.294 e. The van der Waals surface area contributed by atoms with Crippen LogP contribution in [-0.2, 0) is 0 Å². The minimum atomic E-state index is -0.243. The highest BCUT2D eigenvalue weighted by Crippen LogP contribution is 2.25. The topological polar surface area (TPSA) is 17.1 Å². The zero-order valence-corrected chi connectivity index (χ0v) is 11.0. The van der Waals surface area contributed by atoms with Gasteiger partial charge in [0.05, 0.1) is 0 Å². The molecule has 0 aliphatic rings. The van der Waals surface area contributed by atoms with Gasteiger partial charge in [-0.3, -0.25) is 4.79 Å². The largest absolute Gasteiger partial charge is 0.294 e. The molecule has 1 atom stereocenters. The van der Waals surface area contributed by atoms with Crippen LogP contribution < -0.4 is 0 Å². The molecule has 98 valence electrons. The molecule has 0 unspecified atom stereocenters. The lowest BCUT2D eigenvalue weighted by atomic mass is 9.89. The van der Waals surface area contributed by atoms with Crippen molar-refractivity contribution in [2.45, 2.75) is 25.7 Å². The maximum Gasteiger partial charge on any atom is 0.163 e. The Morgan fingerprint density at radius 3 is 2.26 bits per heavy atom. The van der Waals surface area contributed by atoms with Gasteiger partial charge in [0, 0.05) is 12.0 Å². The van der Waals surface area contributed by atoms with E-state index in [4.69, 9.17) is 0 Å². The number of hydrogen-bond acceptors (Lipinski definition) is 1. The Balaban J connectivity index is 2.11. The number of ketones is 1. The second kappa shape index (κ2) is 6.28. The molecule has 2 heteroatoms. The van der Waals surface area contributed by atoms with Crippen LogP contribution in [-0.4, -0.2) is 5.78 Å². The van der Waals surface area contributed by atoms with Crippen LogP contribution in [0.3, 0.4) is 0 Å². The molecular weight excluding hydrogens is 239 g/mol. The first-order chi connectivity index (χ1) is 9.20. The molecule has 0 saturated carbocycles. The molecule has 0 aliphatic heterocycles. The molecule has 19 heavy (non-hydrogen) atoms. The maximum atomic E-state index is 12.9. The quantitative estimate of drug-likeness (QED) is 0.715. The van der Waals surface area contributed by atoms with Crippen LogP contribution in [0.2, 0.25) is 0 Å². The van der Waals surface area contributed by atoms with Gasteiger partial charge in [-0.25, -0.2) is 4.39 Å². The van der Waals surface area contributed by atoms with Crippen LogP contribution in [0.4, 0.5) is 4.39 Å². The highest BCUT2D eigenvalue weighted by Gasteiger charge is 2.15. The summed E-state index contributed by atoms with van der Waals surface area (Å²) in [7, 11) is 0. The second-order valence-electron chi connectivity index (χ2n) is 4.65. The Hall–Kier alpha value is -1.96. The van der Waals surface area contributed by atoms with Crippen LogP contribution in [0.15, 0.2) is 54.6 Å². The predicted octanol–water partition coefficient (Wildman–Crippen LogP) is 4.59. The molecule has 0 saturated heterocycles. The van der Waals surface area contributed by atoms with Crippen molar-refractivity contribution in [1.82, 2.24) is 0 Å². The first-order valence-electron chi connectivity index (χ1n) is 6.54. The molecule has 0 amide bonds. The van der Waals surface area contributed by atoms with E-state index in [9.17, 15) is 9.18 Å². The van der Waals surface area contributed by atoms with E-state index < -0.39 is 0 Å². The van der Waals surface area contributed by atoms with Crippen molar-refractivity contribution in [1.29, 1.82) is 0 Å². The summed E-state index contributed by atoms with van der Waals surface area (Å²) in [4.78, 5) is 12.2. The molecule has 0 bridgehead atoms. The summed E-state index contributed by atoms with van der Waals surface area (Å²) < 4.78 is 12.9. The molecule has 0 spiro atoms. The molecule has 2 aromatic carbocycles. The highest BCUT2D eigenvalue weighted by atomic mass is 19.1. The van der Waals surface area contributed by atoms with E-state index in [0.29, 0.717) is 6.42 Å². The summed E-state index contributed by atoms with van der Waals surface area (Å²) in [6, 6.07) is 15.7. The van der Waals surface area contributed by atoms with E-state index >= 15 is 0 Å². The molecule has 2 rings (SSSR count). The standard InChI is InChI=1S/C17H17FO/c1-2-13(14-8-10-16(18)11-9-14)12-17(19)15-6-4-3-5-7-15/h3-11,13H,2,12H2,1H3/t13-/m1/s1. The van der Waals surface area contributed by atoms with Crippen molar-refractivity contribution in [3.05, 3.63) is 71.5 Å². The number of benzene rings is 2. The number of hydrogen-bond donors (Lipinski definition) is 0. The zero-order chi connectivity index (χ0) is 13.7. The molecule has 1 nitrogen and oxygen atoms in total. The zero-order valence-electron chi connectivity index (χ0n) is 11.0. The Kier molecular flexibility index (Phi) is 4.45. The minimum absolute atomic E-state index is 0.136. The van der Waals surface area contributed by atoms with E-state index in [1.54, 1.807) is 12.1 Å². The van der Waals surface area contributed by atoms with Crippen LogP contribution >= 0.6 is 0 Å². The maximum absolute atomic E-state index is 12.9. The lowest BCUT2D eigenvalue weighted by molar-refractivity contribution is 0.0973. The first kappa shape index (κ1) is 13.5. The third-order valence-corrected chi connectivity index (χ3v) is 3.36. The number of halogens is 1. The van der Waals surface area contributed by atoms with E-state index in [0.717, 1.165) is 17.5 Å². The monoisotopic (exact) mass is 256 g/mol. The molecule has 0 N–H and O–H groups in total. The lowest BCUT2D eigenvalue weighted by Crippen LogP contribution is -2.07. The molecule has 0 aliphatic carbocycles. The van der Waals surface area contributed by atoms with Gasteiger partial charge in [0.25, 0.3) is 0 Å². The highest BCUT2D eigenvalue weighted by molar-refractivity contribution is 5.96. The fourth-order valence-corrected chi connectivity index (χ4v) is 2.20. The van der Waals surface area contributed by atoms with Crippen molar-refractivity contribution in [3.63, 3.8) is 0 Å². The molecule has 0 fully saturated rings. The number of rotatable bonds is 5. The second-order valence-corrected chi connectivity index (χ2v) is 4.65. The van der Waals surface area contributed by atoms with Crippen molar-refractivity contribution in [2.24, 2.45) is 0 Å². The Morgan fingerprint density at radius 2 is 1.68 bits per heavy atom. The van der Waals surface area contributed by atoms with Gasteiger partial charge in [-0.1, -0.05) is 49.4 Å². The van der Waals surface area contributed by atoms with Gasteiger partial charge in [0.1, 0.15) is 5.82 Å². The van der Waals surface area contributed by atoms with E-state index in [-0.39, 0.29) is 17.5 Å². The van der Waals surface area contributed by atoms with Gasteiger partial charge in [-0.05, 0) is 30.0 Å². The third kappa shape index (κ3) is 3.50. The van der Waals surface area contributed by atoms with Crippen molar-refractivity contribution < 1.29 is 9.18 Å². The molecule has 0 aromatic heterocycles. The van der Waals surface area contributed by atoms with Crippen LogP contribution in [0.25, 0.3) is 0 Å².